The first-order valence-electron chi connectivity index (χ1n) is 8.74. The summed E-state index contributed by atoms with van der Waals surface area (Å²) >= 11 is 0. The Kier molecular flexibility index (Phi) is 4.50. The van der Waals surface area contributed by atoms with Crippen LogP contribution in [-0.4, -0.2) is 32.7 Å². The highest BCUT2D eigenvalue weighted by Gasteiger charge is 2.43. The number of halogens is 1. The number of esters is 1. The molecule has 4 rings (SSSR count). The maximum Gasteiger partial charge on any atom is 0.336 e. The van der Waals surface area contributed by atoms with Gasteiger partial charge in [-0.1, -0.05) is 0 Å². The third-order valence-electron chi connectivity index (χ3n) is 5.01. The number of methoxy groups -OCH3 is 2. The highest BCUT2D eigenvalue weighted by molar-refractivity contribution is 6.06. The van der Waals surface area contributed by atoms with Crippen molar-refractivity contribution >= 4 is 17.6 Å². The van der Waals surface area contributed by atoms with Gasteiger partial charge in [-0.15, -0.1) is 0 Å². The lowest BCUT2D eigenvalue weighted by Gasteiger charge is -2.32. The molecule has 28 heavy (non-hydrogen) atoms. The molecule has 0 spiro atoms. The van der Waals surface area contributed by atoms with Gasteiger partial charge in [-0.2, -0.15) is 0 Å². The minimum atomic E-state index is -0.515. The second-order valence-corrected chi connectivity index (χ2v) is 6.51. The van der Waals surface area contributed by atoms with Crippen LogP contribution in [0.2, 0.25) is 0 Å². The third-order valence-corrected chi connectivity index (χ3v) is 5.01. The normalized spacial score (nSPS) is 18.8. The standard InChI is InChI=1S/C21H18FNO5/c1-26-14-7-8-18(27-2)15(9-14)16-10-19(24)23(13-5-3-12(22)4-6-13)17-11-28-21(25)20(16)17/h3-9,16H,10-11H2,1-2H3/t16-/m0/s1. The Morgan fingerprint density at radius 2 is 1.82 bits per heavy atom. The minimum absolute atomic E-state index is 0.0138. The molecule has 0 saturated carbocycles. The van der Waals surface area contributed by atoms with Crippen LogP contribution < -0.4 is 14.4 Å². The number of ether oxygens (including phenoxy) is 3. The first-order valence-corrected chi connectivity index (χ1v) is 8.74. The van der Waals surface area contributed by atoms with Gasteiger partial charge in [0.2, 0.25) is 5.91 Å². The van der Waals surface area contributed by atoms with Crippen molar-refractivity contribution in [2.24, 2.45) is 0 Å². The van der Waals surface area contributed by atoms with E-state index in [4.69, 9.17) is 14.2 Å². The number of rotatable bonds is 4. The molecule has 7 heteroatoms. The fraction of sp³-hybridized carbons (Fsp3) is 0.238. The number of hydrogen-bond acceptors (Lipinski definition) is 5. The summed E-state index contributed by atoms with van der Waals surface area (Å²) in [5.74, 6) is -0.444. The van der Waals surface area contributed by atoms with Crippen molar-refractivity contribution < 1.29 is 28.2 Å². The van der Waals surface area contributed by atoms with Gasteiger partial charge in [0.25, 0.3) is 0 Å². The molecule has 2 heterocycles. The largest absolute Gasteiger partial charge is 0.497 e. The van der Waals surface area contributed by atoms with Crippen molar-refractivity contribution in [2.45, 2.75) is 12.3 Å². The molecule has 2 aliphatic heterocycles. The average Bonchev–Trinajstić information content (AvgIpc) is 3.09. The SMILES string of the molecule is COc1ccc(OC)c([C@@H]2CC(=O)N(c3ccc(F)cc3)C3=C2C(=O)OC3)c1. The number of amides is 1. The average molecular weight is 383 g/mol. The quantitative estimate of drug-likeness (QED) is 0.759. The third kappa shape index (κ3) is 2.89. The van der Waals surface area contributed by atoms with Crippen LogP contribution in [0.4, 0.5) is 10.1 Å². The zero-order chi connectivity index (χ0) is 19.8. The summed E-state index contributed by atoms with van der Waals surface area (Å²) < 4.78 is 29.3. The highest BCUT2D eigenvalue weighted by Crippen LogP contribution is 2.45. The summed E-state index contributed by atoms with van der Waals surface area (Å²) in [7, 11) is 3.07. The first-order chi connectivity index (χ1) is 13.5. The molecule has 0 saturated heterocycles. The molecule has 2 aliphatic rings. The number of carbonyl (C=O) groups is 2. The van der Waals surface area contributed by atoms with E-state index in [1.165, 1.54) is 36.3 Å². The zero-order valence-electron chi connectivity index (χ0n) is 15.4. The van der Waals surface area contributed by atoms with E-state index in [2.05, 4.69) is 0 Å². The van der Waals surface area contributed by atoms with Crippen LogP contribution in [0.25, 0.3) is 0 Å². The van der Waals surface area contributed by atoms with Crippen LogP contribution in [-0.2, 0) is 14.3 Å². The molecule has 2 aromatic carbocycles. The van der Waals surface area contributed by atoms with Gasteiger partial charge < -0.3 is 14.2 Å². The van der Waals surface area contributed by atoms with E-state index in [0.717, 1.165) is 0 Å². The second kappa shape index (κ2) is 6.99. The van der Waals surface area contributed by atoms with E-state index in [1.54, 1.807) is 25.3 Å². The summed E-state index contributed by atoms with van der Waals surface area (Å²) in [6.07, 6.45) is 0.0504. The van der Waals surface area contributed by atoms with Gasteiger partial charge in [0.1, 0.15) is 23.9 Å². The molecule has 2 aromatic rings. The minimum Gasteiger partial charge on any atom is -0.497 e. The smallest absolute Gasteiger partial charge is 0.336 e. The van der Waals surface area contributed by atoms with Gasteiger partial charge in [-0.25, -0.2) is 9.18 Å². The summed E-state index contributed by atoms with van der Waals surface area (Å²) in [4.78, 5) is 27.0. The predicted octanol–water partition coefficient (Wildman–Crippen LogP) is 3.17. The van der Waals surface area contributed by atoms with Gasteiger partial charge in [-0.05, 0) is 42.5 Å². The monoisotopic (exact) mass is 383 g/mol. The van der Waals surface area contributed by atoms with Gasteiger partial charge in [0.15, 0.2) is 0 Å². The van der Waals surface area contributed by atoms with E-state index in [-0.39, 0.29) is 18.9 Å². The van der Waals surface area contributed by atoms with Crippen LogP contribution in [0.3, 0.4) is 0 Å². The van der Waals surface area contributed by atoms with Crippen molar-refractivity contribution in [1.29, 1.82) is 0 Å². The Morgan fingerprint density at radius 3 is 2.50 bits per heavy atom. The Labute approximate surface area is 161 Å². The van der Waals surface area contributed by atoms with Crippen molar-refractivity contribution in [3.05, 3.63) is 65.1 Å². The van der Waals surface area contributed by atoms with Crippen molar-refractivity contribution in [3.63, 3.8) is 0 Å². The molecule has 0 fully saturated rings. The molecule has 1 atom stereocenters. The summed E-state index contributed by atoms with van der Waals surface area (Å²) in [6.45, 7) is -0.0138. The topological polar surface area (TPSA) is 65.1 Å². The van der Waals surface area contributed by atoms with Crippen LogP contribution in [0.15, 0.2) is 53.7 Å². The molecule has 0 N–H and O–H groups in total. The van der Waals surface area contributed by atoms with Gasteiger partial charge in [-0.3, -0.25) is 9.69 Å². The zero-order valence-corrected chi connectivity index (χ0v) is 15.4. The van der Waals surface area contributed by atoms with E-state index < -0.39 is 17.7 Å². The van der Waals surface area contributed by atoms with Crippen LogP contribution in [0.5, 0.6) is 11.5 Å². The Morgan fingerprint density at radius 1 is 1.07 bits per heavy atom. The number of benzene rings is 2. The Bertz CT molecular complexity index is 983. The molecule has 0 unspecified atom stereocenters. The highest BCUT2D eigenvalue weighted by atomic mass is 19.1. The number of carbonyl (C=O) groups excluding carboxylic acids is 2. The fourth-order valence-electron chi connectivity index (χ4n) is 3.72. The summed E-state index contributed by atoms with van der Waals surface area (Å²) in [5.41, 5.74) is 2.06. The van der Waals surface area contributed by atoms with Gasteiger partial charge in [0, 0.05) is 23.6 Å². The van der Waals surface area contributed by atoms with Crippen LogP contribution in [0, 0.1) is 5.82 Å². The van der Waals surface area contributed by atoms with E-state index in [0.29, 0.717) is 34.0 Å². The maximum absolute atomic E-state index is 13.3. The van der Waals surface area contributed by atoms with Crippen LogP contribution >= 0.6 is 0 Å². The number of nitrogens with zero attached hydrogens (tertiary/aromatic N) is 1. The van der Waals surface area contributed by atoms with Crippen LogP contribution in [0.1, 0.15) is 17.9 Å². The fourth-order valence-corrected chi connectivity index (χ4v) is 3.72. The molecule has 0 aliphatic carbocycles. The summed E-state index contributed by atoms with van der Waals surface area (Å²) in [5, 5.41) is 0. The molecular formula is C21H18FNO5. The lowest BCUT2D eigenvalue weighted by Crippen LogP contribution is -2.37. The van der Waals surface area contributed by atoms with Gasteiger partial charge >= 0.3 is 5.97 Å². The Balaban J connectivity index is 1.85. The van der Waals surface area contributed by atoms with E-state index in [1.807, 2.05) is 0 Å². The predicted molar refractivity (Wildman–Crippen MR) is 98.8 cm³/mol. The number of hydrogen-bond donors (Lipinski definition) is 0. The molecular weight excluding hydrogens is 365 g/mol. The van der Waals surface area contributed by atoms with Crippen molar-refractivity contribution in [2.75, 3.05) is 25.7 Å². The number of anilines is 1. The molecule has 144 valence electrons. The number of cyclic esters (lactones) is 1. The molecule has 0 aromatic heterocycles. The van der Waals surface area contributed by atoms with E-state index in [9.17, 15) is 14.0 Å². The van der Waals surface area contributed by atoms with Crippen molar-refractivity contribution in [3.8, 4) is 11.5 Å². The first kappa shape index (κ1) is 18.0. The maximum atomic E-state index is 13.3. The molecule has 1 amide bonds. The van der Waals surface area contributed by atoms with E-state index >= 15 is 0 Å². The lowest BCUT2D eigenvalue weighted by atomic mass is 9.83. The molecule has 0 radical (unpaired) electrons. The molecule has 0 bridgehead atoms. The van der Waals surface area contributed by atoms with Gasteiger partial charge in [0.05, 0.1) is 25.5 Å². The lowest BCUT2D eigenvalue weighted by molar-refractivity contribution is -0.136. The second-order valence-electron chi connectivity index (χ2n) is 6.51. The van der Waals surface area contributed by atoms with Crippen molar-refractivity contribution in [1.82, 2.24) is 0 Å². The Hall–Kier alpha value is -3.35. The molecule has 6 nitrogen and oxygen atoms in total. The summed E-state index contributed by atoms with van der Waals surface area (Å²) in [6, 6.07) is 10.8.